The number of hydrogen-bond donors (Lipinski definition) is 1. The van der Waals surface area contributed by atoms with Gasteiger partial charge in [0.1, 0.15) is 0 Å². The Morgan fingerprint density at radius 1 is 1.25 bits per heavy atom. The fourth-order valence-electron chi connectivity index (χ4n) is 2.82. The third kappa shape index (κ3) is 1.84. The lowest BCUT2D eigenvalue weighted by Crippen LogP contribution is -2.29. The summed E-state index contributed by atoms with van der Waals surface area (Å²) < 4.78 is 26.8. The summed E-state index contributed by atoms with van der Waals surface area (Å²) in [5.41, 5.74) is 0.533. The van der Waals surface area contributed by atoms with Crippen LogP contribution in [0.4, 0.5) is 8.78 Å². The van der Waals surface area contributed by atoms with E-state index in [4.69, 9.17) is 0 Å². The molecule has 0 bridgehead atoms. The Hall–Kier alpha value is -0.960. The molecular weight excluding hydrogens is 208 g/mol. The second-order valence-electron chi connectivity index (χ2n) is 4.58. The van der Waals surface area contributed by atoms with Crippen molar-refractivity contribution in [3.8, 4) is 0 Å². The maximum atomic E-state index is 13.7. The second-order valence-corrected chi connectivity index (χ2v) is 4.58. The molecule has 1 N–H and O–H groups in total. The largest absolute Gasteiger partial charge is 0.317 e. The smallest absolute Gasteiger partial charge is 0.162 e. The molecule has 2 rings (SSSR count). The molecule has 1 aromatic rings. The van der Waals surface area contributed by atoms with Gasteiger partial charge in [0.05, 0.1) is 0 Å². The molecule has 16 heavy (non-hydrogen) atoms. The maximum Gasteiger partial charge on any atom is 0.162 e. The van der Waals surface area contributed by atoms with Gasteiger partial charge in [-0.1, -0.05) is 19.1 Å². The highest BCUT2D eigenvalue weighted by atomic mass is 19.2. The summed E-state index contributed by atoms with van der Waals surface area (Å²) in [4.78, 5) is 0. The summed E-state index contributed by atoms with van der Waals surface area (Å²) in [6.45, 7) is 2.10. The molecule has 1 aliphatic rings. The number of benzene rings is 1. The minimum atomic E-state index is -0.738. The first-order valence-corrected chi connectivity index (χ1v) is 5.76. The molecule has 1 aliphatic carbocycles. The lowest BCUT2D eigenvalue weighted by Gasteiger charge is -2.21. The normalized spacial score (nSPS) is 29.6. The van der Waals surface area contributed by atoms with Crippen molar-refractivity contribution in [1.82, 2.24) is 5.32 Å². The number of nitrogens with one attached hydrogen (secondary N) is 1. The fourth-order valence-corrected chi connectivity index (χ4v) is 2.82. The standard InChI is InChI=1S/C13H17F2N/c1-8-9(6-7-12(8)16-2)10-4-3-5-11(14)13(10)15/h3-5,8-9,12,16H,6-7H2,1-2H3. The molecule has 3 atom stereocenters. The summed E-state index contributed by atoms with van der Waals surface area (Å²) in [6, 6.07) is 4.88. The Bertz CT molecular complexity index is 378. The van der Waals surface area contributed by atoms with Crippen LogP contribution >= 0.6 is 0 Å². The molecule has 88 valence electrons. The molecule has 3 heteroatoms. The fraction of sp³-hybridized carbons (Fsp3) is 0.538. The summed E-state index contributed by atoms with van der Waals surface area (Å²) in [5.74, 6) is -0.928. The highest BCUT2D eigenvalue weighted by Gasteiger charge is 2.34. The highest BCUT2D eigenvalue weighted by Crippen LogP contribution is 2.40. The number of hydrogen-bond acceptors (Lipinski definition) is 1. The second kappa shape index (κ2) is 4.50. The molecule has 0 spiro atoms. The van der Waals surface area contributed by atoms with Crippen molar-refractivity contribution in [3.05, 3.63) is 35.4 Å². The van der Waals surface area contributed by atoms with Crippen molar-refractivity contribution in [2.45, 2.75) is 31.7 Å². The van der Waals surface area contributed by atoms with Gasteiger partial charge >= 0.3 is 0 Å². The van der Waals surface area contributed by atoms with Crippen molar-refractivity contribution in [3.63, 3.8) is 0 Å². The van der Waals surface area contributed by atoms with Crippen molar-refractivity contribution in [2.75, 3.05) is 7.05 Å². The van der Waals surface area contributed by atoms with E-state index in [1.165, 1.54) is 6.07 Å². The highest BCUT2D eigenvalue weighted by molar-refractivity contribution is 5.25. The topological polar surface area (TPSA) is 12.0 Å². The zero-order valence-corrected chi connectivity index (χ0v) is 9.63. The van der Waals surface area contributed by atoms with Crippen LogP contribution in [0.3, 0.4) is 0 Å². The van der Waals surface area contributed by atoms with Crippen LogP contribution in [-0.2, 0) is 0 Å². The minimum Gasteiger partial charge on any atom is -0.317 e. The molecule has 0 amide bonds. The van der Waals surface area contributed by atoms with Crippen molar-refractivity contribution in [2.24, 2.45) is 5.92 Å². The van der Waals surface area contributed by atoms with Crippen molar-refractivity contribution >= 4 is 0 Å². The van der Waals surface area contributed by atoms with Gasteiger partial charge in [-0.15, -0.1) is 0 Å². The van der Waals surface area contributed by atoms with Gasteiger partial charge in [0, 0.05) is 6.04 Å². The van der Waals surface area contributed by atoms with E-state index in [1.807, 2.05) is 7.05 Å². The zero-order chi connectivity index (χ0) is 11.7. The first-order valence-electron chi connectivity index (χ1n) is 5.76. The summed E-state index contributed by atoms with van der Waals surface area (Å²) in [7, 11) is 1.92. The van der Waals surface area contributed by atoms with Gasteiger partial charge in [-0.2, -0.15) is 0 Å². The molecule has 0 aliphatic heterocycles. The molecule has 0 saturated heterocycles. The number of halogens is 2. The van der Waals surface area contributed by atoms with Crippen LogP contribution in [0.2, 0.25) is 0 Å². The van der Waals surface area contributed by atoms with Crippen LogP contribution in [-0.4, -0.2) is 13.1 Å². The van der Waals surface area contributed by atoms with Crippen molar-refractivity contribution in [1.29, 1.82) is 0 Å². The Morgan fingerprint density at radius 3 is 2.62 bits per heavy atom. The summed E-state index contributed by atoms with van der Waals surface area (Å²) in [5, 5.41) is 3.23. The molecule has 1 fully saturated rings. The average Bonchev–Trinajstić information content (AvgIpc) is 2.64. The van der Waals surface area contributed by atoms with Crippen LogP contribution in [0.15, 0.2) is 18.2 Å². The molecule has 3 unspecified atom stereocenters. The van der Waals surface area contributed by atoms with Gasteiger partial charge in [0.15, 0.2) is 11.6 Å². The predicted molar refractivity (Wildman–Crippen MR) is 60.3 cm³/mol. The van der Waals surface area contributed by atoms with E-state index in [0.717, 1.165) is 12.8 Å². The van der Waals surface area contributed by atoms with E-state index in [2.05, 4.69) is 12.2 Å². The first kappa shape index (κ1) is 11.5. The Balaban J connectivity index is 2.29. The molecule has 1 aromatic carbocycles. The van der Waals surface area contributed by atoms with E-state index < -0.39 is 11.6 Å². The average molecular weight is 225 g/mol. The Morgan fingerprint density at radius 2 is 2.00 bits per heavy atom. The summed E-state index contributed by atoms with van der Waals surface area (Å²) in [6.07, 6.45) is 1.95. The maximum absolute atomic E-state index is 13.7. The van der Waals surface area contributed by atoms with Gasteiger partial charge in [-0.25, -0.2) is 8.78 Å². The number of rotatable bonds is 2. The van der Waals surface area contributed by atoms with E-state index in [-0.39, 0.29) is 5.92 Å². The zero-order valence-electron chi connectivity index (χ0n) is 9.63. The van der Waals surface area contributed by atoms with Crippen LogP contribution in [0.1, 0.15) is 31.2 Å². The predicted octanol–water partition coefficient (Wildman–Crippen LogP) is 3.07. The van der Waals surface area contributed by atoms with Crippen LogP contribution in [0, 0.1) is 17.6 Å². The molecule has 0 radical (unpaired) electrons. The molecular formula is C13H17F2N. The van der Waals surface area contributed by atoms with Crippen LogP contribution in [0.25, 0.3) is 0 Å². The van der Waals surface area contributed by atoms with E-state index in [9.17, 15) is 8.78 Å². The van der Waals surface area contributed by atoms with Gasteiger partial charge in [0.25, 0.3) is 0 Å². The van der Waals surface area contributed by atoms with Gasteiger partial charge in [-0.05, 0) is 43.4 Å². The lowest BCUT2D eigenvalue weighted by molar-refractivity contribution is 0.413. The molecule has 0 aromatic heterocycles. The SMILES string of the molecule is CNC1CCC(c2cccc(F)c2F)C1C. The summed E-state index contributed by atoms with van der Waals surface area (Å²) >= 11 is 0. The van der Waals surface area contributed by atoms with Crippen LogP contribution < -0.4 is 5.32 Å². The minimum absolute atomic E-state index is 0.133. The molecule has 0 heterocycles. The van der Waals surface area contributed by atoms with Crippen molar-refractivity contribution < 1.29 is 8.78 Å². The third-order valence-electron chi connectivity index (χ3n) is 3.81. The first-order chi connectivity index (χ1) is 7.65. The van der Waals surface area contributed by atoms with E-state index in [0.29, 0.717) is 17.5 Å². The van der Waals surface area contributed by atoms with Crippen LogP contribution in [0.5, 0.6) is 0 Å². The van der Waals surface area contributed by atoms with Gasteiger partial charge in [0.2, 0.25) is 0 Å². The Labute approximate surface area is 94.9 Å². The van der Waals surface area contributed by atoms with Gasteiger partial charge < -0.3 is 5.32 Å². The van der Waals surface area contributed by atoms with E-state index in [1.54, 1.807) is 12.1 Å². The third-order valence-corrected chi connectivity index (χ3v) is 3.81. The molecule has 1 nitrogen and oxygen atoms in total. The lowest BCUT2D eigenvalue weighted by atomic mass is 9.88. The Kier molecular flexibility index (Phi) is 3.24. The molecule has 1 saturated carbocycles. The van der Waals surface area contributed by atoms with E-state index >= 15 is 0 Å². The van der Waals surface area contributed by atoms with Gasteiger partial charge in [-0.3, -0.25) is 0 Å². The quantitative estimate of drug-likeness (QED) is 0.815. The monoisotopic (exact) mass is 225 g/mol.